The molecule has 2 N–H and O–H groups in total. The van der Waals surface area contributed by atoms with Gasteiger partial charge in [-0.1, -0.05) is 48.0 Å². The summed E-state index contributed by atoms with van der Waals surface area (Å²) in [7, 11) is 1.79. The van der Waals surface area contributed by atoms with E-state index < -0.39 is 0 Å². The maximum Gasteiger partial charge on any atom is 0.191 e. The summed E-state index contributed by atoms with van der Waals surface area (Å²) in [6, 6.07) is 16.7. The summed E-state index contributed by atoms with van der Waals surface area (Å²) < 4.78 is 11.5. The van der Waals surface area contributed by atoms with Crippen LogP contribution in [0.2, 0.25) is 0 Å². The average Bonchev–Trinajstić information content (AvgIpc) is 2.77. The molecule has 156 valence electrons. The van der Waals surface area contributed by atoms with Crippen molar-refractivity contribution in [1.82, 2.24) is 15.5 Å². The lowest BCUT2D eigenvalue weighted by molar-refractivity contribution is 0.0322. The molecule has 0 spiro atoms. The normalized spacial score (nSPS) is 15.2. The number of hydrogen-bond donors (Lipinski definition) is 2. The van der Waals surface area contributed by atoms with Gasteiger partial charge in [0.1, 0.15) is 12.4 Å². The topological polar surface area (TPSA) is 58.1 Å². The van der Waals surface area contributed by atoms with E-state index in [0.29, 0.717) is 13.2 Å². The number of nitrogens with one attached hydrogen (secondary N) is 2. The summed E-state index contributed by atoms with van der Waals surface area (Å²) in [5, 5.41) is 6.74. The zero-order valence-corrected chi connectivity index (χ0v) is 17.5. The van der Waals surface area contributed by atoms with Crippen LogP contribution in [0.1, 0.15) is 16.7 Å². The number of para-hydroxylation sites is 1. The van der Waals surface area contributed by atoms with Crippen LogP contribution in [0, 0.1) is 6.92 Å². The minimum absolute atomic E-state index is 0.654. The summed E-state index contributed by atoms with van der Waals surface area (Å²) in [6.45, 7) is 8.68. The summed E-state index contributed by atoms with van der Waals surface area (Å²) in [5.74, 6) is 1.69. The Morgan fingerprint density at radius 1 is 1.03 bits per heavy atom. The van der Waals surface area contributed by atoms with Gasteiger partial charge in [-0.2, -0.15) is 0 Å². The maximum absolute atomic E-state index is 6.06. The van der Waals surface area contributed by atoms with Crippen molar-refractivity contribution in [3.8, 4) is 5.75 Å². The molecule has 2 aromatic rings. The van der Waals surface area contributed by atoms with E-state index in [4.69, 9.17) is 9.47 Å². The van der Waals surface area contributed by atoms with Crippen LogP contribution in [-0.2, 0) is 17.8 Å². The first-order valence-corrected chi connectivity index (χ1v) is 10.3. The second-order valence-corrected chi connectivity index (χ2v) is 7.18. The number of nitrogens with zero attached hydrogens (tertiary/aromatic N) is 2. The van der Waals surface area contributed by atoms with E-state index in [2.05, 4.69) is 57.8 Å². The smallest absolute Gasteiger partial charge is 0.191 e. The molecular formula is C23H32N4O2. The number of morpholine rings is 1. The first-order valence-electron chi connectivity index (χ1n) is 10.3. The molecule has 1 saturated heterocycles. The van der Waals surface area contributed by atoms with E-state index in [1.807, 2.05) is 18.2 Å². The number of rotatable bonds is 8. The zero-order valence-electron chi connectivity index (χ0n) is 17.5. The number of hydrogen-bond acceptors (Lipinski definition) is 4. The molecule has 0 amide bonds. The maximum atomic E-state index is 6.06. The Kier molecular flexibility index (Phi) is 8.34. The second kappa shape index (κ2) is 11.4. The van der Waals surface area contributed by atoms with Crippen molar-refractivity contribution < 1.29 is 9.47 Å². The van der Waals surface area contributed by atoms with Crippen molar-refractivity contribution >= 4 is 5.96 Å². The van der Waals surface area contributed by atoms with Crippen molar-refractivity contribution in [2.24, 2.45) is 4.99 Å². The highest BCUT2D eigenvalue weighted by molar-refractivity contribution is 5.79. The molecule has 3 rings (SSSR count). The summed E-state index contributed by atoms with van der Waals surface area (Å²) in [5.41, 5.74) is 3.61. The van der Waals surface area contributed by atoms with Gasteiger partial charge in [-0.3, -0.25) is 9.89 Å². The Morgan fingerprint density at radius 3 is 2.52 bits per heavy atom. The number of aryl methyl sites for hydroxylation is 1. The highest BCUT2D eigenvalue weighted by Gasteiger charge is 2.10. The van der Waals surface area contributed by atoms with Crippen molar-refractivity contribution in [2.45, 2.75) is 20.0 Å². The quantitative estimate of drug-likeness (QED) is 0.531. The lowest BCUT2D eigenvalue weighted by Crippen LogP contribution is -2.38. The average molecular weight is 397 g/mol. The van der Waals surface area contributed by atoms with Crippen LogP contribution in [0.4, 0.5) is 0 Å². The van der Waals surface area contributed by atoms with Crippen LogP contribution in [-0.4, -0.2) is 57.4 Å². The summed E-state index contributed by atoms with van der Waals surface area (Å²) in [4.78, 5) is 6.70. The van der Waals surface area contributed by atoms with E-state index in [-0.39, 0.29) is 0 Å². The fourth-order valence-corrected chi connectivity index (χ4v) is 3.19. The minimum atomic E-state index is 0.654. The number of ether oxygens (including phenoxy) is 2. The molecule has 2 aromatic carbocycles. The predicted octanol–water partition coefficient (Wildman–Crippen LogP) is 2.57. The van der Waals surface area contributed by atoms with Crippen LogP contribution in [0.15, 0.2) is 53.5 Å². The Bertz CT molecular complexity index is 771. The van der Waals surface area contributed by atoms with Gasteiger partial charge in [-0.15, -0.1) is 0 Å². The van der Waals surface area contributed by atoms with Gasteiger partial charge in [0.2, 0.25) is 0 Å². The molecule has 0 aliphatic carbocycles. The first-order chi connectivity index (χ1) is 14.2. The van der Waals surface area contributed by atoms with Gasteiger partial charge in [0.25, 0.3) is 0 Å². The Hall–Kier alpha value is -2.57. The fraction of sp³-hybridized carbons (Fsp3) is 0.435. The standard InChI is InChI=1S/C23H32N4O2/c1-19-7-9-20(10-8-19)17-25-23(24-2)26-18-21-5-3-4-6-22(21)29-16-13-27-11-14-28-15-12-27/h3-10H,11-18H2,1-2H3,(H2,24,25,26). The summed E-state index contributed by atoms with van der Waals surface area (Å²) in [6.07, 6.45) is 0. The van der Waals surface area contributed by atoms with E-state index in [0.717, 1.165) is 56.7 Å². The molecule has 0 aromatic heterocycles. The van der Waals surface area contributed by atoms with Gasteiger partial charge >= 0.3 is 0 Å². The molecule has 1 aliphatic heterocycles. The third kappa shape index (κ3) is 7.07. The highest BCUT2D eigenvalue weighted by Crippen LogP contribution is 2.17. The Morgan fingerprint density at radius 2 is 1.76 bits per heavy atom. The molecule has 1 heterocycles. The predicted molar refractivity (Wildman–Crippen MR) is 117 cm³/mol. The largest absolute Gasteiger partial charge is 0.492 e. The minimum Gasteiger partial charge on any atom is -0.492 e. The molecule has 1 fully saturated rings. The van der Waals surface area contributed by atoms with Gasteiger partial charge in [-0.05, 0) is 18.6 Å². The highest BCUT2D eigenvalue weighted by atomic mass is 16.5. The Balaban J connectivity index is 1.46. The van der Waals surface area contributed by atoms with E-state index in [9.17, 15) is 0 Å². The van der Waals surface area contributed by atoms with Crippen LogP contribution in [0.3, 0.4) is 0 Å². The number of aliphatic imine (C=N–C) groups is 1. The molecule has 6 heteroatoms. The van der Waals surface area contributed by atoms with E-state index in [1.165, 1.54) is 11.1 Å². The van der Waals surface area contributed by atoms with Gasteiger partial charge < -0.3 is 20.1 Å². The lowest BCUT2D eigenvalue weighted by Gasteiger charge is -2.26. The molecule has 0 unspecified atom stereocenters. The molecule has 1 aliphatic rings. The molecule has 0 atom stereocenters. The zero-order chi connectivity index (χ0) is 20.3. The molecule has 29 heavy (non-hydrogen) atoms. The third-order valence-electron chi connectivity index (χ3n) is 4.99. The number of benzene rings is 2. The molecule has 0 bridgehead atoms. The second-order valence-electron chi connectivity index (χ2n) is 7.18. The van der Waals surface area contributed by atoms with Gasteiger partial charge in [0.05, 0.1) is 13.2 Å². The van der Waals surface area contributed by atoms with E-state index in [1.54, 1.807) is 7.05 Å². The number of guanidine groups is 1. The van der Waals surface area contributed by atoms with Crippen molar-refractivity contribution in [3.63, 3.8) is 0 Å². The van der Waals surface area contributed by atoms with Crippen molar-refractivity contribution in [1.29, 1.82) is 0 Å². The Labute approximate surface area is 173 Å². The molecular weight excluding hydrogens is 364 g/mol. The van der Waals surface area contributed by atoms with Gasteiger partial charge in [-0.25, -0.2) is 0 Å². The fourth-order valence-electron chi connectivity index (χ4n) is 3.19. The monoisotopic (exact) mass is 396 g/mol. The molecule has 0 saturated carbocycles. The van der Waals surface area contributed by atoms with Crippen LogP contribution < -0.4 is 15.4 Å². The van der Waals surface area contributed by atoms with Crippen LogP contribution in [0.25, 0.3) is 0 Å². The van der Waals surface area contributed by atoms with Gasteiger partial charge in [0.15, 0.2) is 5.96 Å². The molecule has 0 radical (unpaired) electrons. The van der Waals surface area contributed by atoms with Gasteiger partial charge in [0, 0.05) is 45.3 Å². The van der Waals surface area contributed by atoms with Crippen LogP contribution in [0.5, 0.6) is 5.75 Å². The van der Waals surface area contributed by atoms with E-state index >= 15 is 0 Å². The van der Waals surface area contributed by atoms with Crippen molar-refractivity contribution in [2.75, 3.05) is 46.5 Å². The van der Waals surface area contributed by atoms with Crippen molar-refractivity contribution in [3.05, 3.63) is 65.2 Å². The summed E-state index contributed by atoms with van der Waals surface area (Å²) >= 11 is 0. The first kappa shape index (κ1) is 21.1. The molecule has 6 nitrogen and oxygen atoms in total. The SMILES string of the molecule is CN=C(NCc1ccc(C)cc1)NCc1ccccc1OCCN1CCOCC1. The van der Waals surface area contributed by atoms with Crippen LogP contribution >= 0.6 is 0 Å². The lowest BCUT2D eigenvalue weighted by atomic mass is 10.1. The third-order valence-corrected chi connectivity index (χ3v) is 4.99.